The van der Waals surface area contributed by atoms with E-state index in [4.69, 9.17) is 34.8 Å². The third kappa shape index (κ3) is 3.23. The van der Waals surface area contributed by atoms with E-state index < -0.39 is 17.0 Å². The number of nitrogens with one attached hydrogen (secondary N) is 2. The van der Waals surface area contributed by atoms with Crippen LogP contribution in [0.15, 0.2) is 35.1 Å². The molecule has 0 aliphatic carbocycles. The van der Waals surface area contributed by atoms with E-state index in [1.165, 1.54) is 19.1 Å². The predicted molar refractivity (Wildman–Crippen MR) is 99.3 cm³/mol. The third-order valence-electron chi connectivity index (χ3n) is 3.60. The molecule has 0 aliphatic heterocycles. The van der Waals surface area contributed by atoms with Gasteiger partial charge in [0.05, 0.1) is 26.0 Å². The first-order valence-electron chi connectivity index (χ1n) is 7.06. The Hall–Kier alpha value is -2.08. The fraction of sp³-hybridized carbons (Fsp3) is 0.0588. The zero-order chi connectivity index (χ0) is 18.3. The molecule has 1 aromatic heterocycles. The monoisotopic (exact) mass is 398 g/mol. The predicted octanol–water partition coefficient (Wildman–Crippen LogP) is 5.57. The van der Waals surface area contributed by atoms with Crippen LogP contribution in [-0.2, 0) is 0 Å². The number of H-pyrrole nitrogens is 1. The van der Waals surface area contributed by atoms with Crippen LogP contribution in [0.2, 0.25) is 15.1 Å². The van der Waals surface area contributed by atoms with Gasteiger partial charge in [0.25, 0.3) is 0 Å². The molecule has 0 atom stereocenters. The van der Waals surface area contributed by atoms with Crippen molar-refractivity contribution in [3.63, 3.8) is 0 Å². The largest absolute Gasteiger partial charge is 0.341 e. The molecule has 8 heteroatoms. The lowest BCUT2D eigenvalue weighted by molar-refractivity contribution is 0.101. The molecule has 0 amide bonds. The zero-order valence-electron chi connectivity index (χ0n) is 12.7. The van der Waals surface area contributed by atoms with Crippen LogP contribution in [0.5, 0.6) is 0 Å². The number of hydrogen-bond acceptors (Lipinski definition) is 3. The molecule has 2 N–H and O–H groups in total. The molecule has 25 heavy (non-hydrogen) atoms. The Morgan fingerprint density at radius 2 is 1.76 bits per heavy atom. The van der Waals surface area contributed by atoms with E-state index in [-0.39, 0.29) is 27.3 Å². The van der Waals surface area contributed by atoms with Crippen molar-refractivity contribution < 1.29 is 9.18 Å². The lowest BCUT2D eigenvalue weighted by Crippen LogP contribution is -2.18. The summed E-state index contributed by atoms with van der Waals surface area (Å²) in [4.78, 5) is 27.5. The SMILES string of the molecule is CC(=O)c1c(Nc2ccc(Cl)c(Cl)c2)[nH]c2c(Cl)ccc(F)c2c1=O. The van der Waals surface area contributed by atoms with Gasteiger partial charge in [0.2, 0.25) is 5.43 Å². The van der Waals surface area contributed by atoms with Crippen LogP contribution >= 0.6 is 34.8 Å². The number of benzene rings is 2. The quantitative estimate of drug-likeness (QED) is 0.566. The van der Waals surface area contributed by atoms with Gasteiger partial charge in [0, 0.05) is 5.69 Å². The highest BCUT2D eigenvalue weighted by molar-refractivity contribution is 6.42. The summed E-state index contributed by atoms with van der Waals surface area (Å²) in [5.74, 6) is -1.19. The summed E-state index contributed by atoms with van der Waals surface area (Å²) in [7, 11) is 0. The number of ketones is 1. The van der Waals surface area contributed by atoms with Gasteiger partial charge >= 0.3 is 0 Å². The molecule has 0 aliphatic rings. The van der Waals surface area contributed by atoms with Crippen LogP contribution in [0.4, 0.5) is 15.9 Å². The number of Topliss-reactive ketones (excluding diaryl/α,β-unsaturated/α-hetero) is 1. The van der Waals surface area contributed by atoms with Gasteiger partial charge in [-0.25, -0.2) is 4.39 Å². The second-order valence-corrected chi connectivity index (χ2v) is 6.52. The van der Waals surface area contributed by atoms with Gasteiger partial charge in [-0.2, -0.15) is 0 Å². The van der Waals surface area contributed by atoms with Crippen molar-refractivity contribution in [2.24, 2.45) is 0 Å². The average molecular weight is 400 g/mol. The molecule has 128 valence electrons. The maximum absolute atomic E-state index is 14.1. The summed E-state index contributed by atoms with van der Waals surface area (Å²) in [5.41, 5.74) is -0.373. The summed E-state index contributed by atoms with van der Waals surface area (Å²) in [5, 5.41) is 3.44. The number of rotatable bonds is 3. The van der Waals surface area contributed by atoms with Crippen molar-refractivity contribution in [3.8, 4) is 0 Å². The Balaban J connectivity index is 2.28. The molecule has 0 saturated carbocycles. The van der Waals surface area contributed by atoms with E-state index in [1.54, 1.807) is 12.1 Å². The van der Waals surface area contributed by atoms with E-state index in [2.05, 4.69) is 10.3 Å². The summed E-state index contributed by atoms with van der Waals surface area (Å²) in [6.45, 7) is 1.22. The van der Waals surface area contributed by atoms with Gasteiger partial charge in [-0.3, -0.25) is 9.59 Å². The third-order valence-corrected chi connectivity index (χ3v) is 4.65. The topological polar surface area (TPSA) is 62.0 Å². The molecule has 1 heterocycles. The van der Waals surface area contributed by atoms with Crippen LogP contribution in [0.25, 0.3) is 10.9 Å². The van der Waals surface area contributed by atoms with Gasteiger partial charge in [0.1, 0.15) is 17.2 Å². The van der Waals surface area contributed by atoms with E-state index in [0.717, 1.165) is 6.07 Å². The Kier molecular flexibility index (Phi) is 4.73. The molecule has 0 radical (unpaired) electrons. The summed E-state index contributed by atoms with van der Waals surface area (Å²) >= 11 is 17.9. The fourth-order valence-corrected chi connectivity index (χ4v) is 2.97. The van der Waals surface area contributed by atoms with E-state index in [0.29, 0.717) is 15.7 Å². The molecule has 0 saturated heterocycles. The normalized spacial score (nSPS) is 10.9. The highest BCUT2D eigenvalue weighted by Crippen LogP contribution is 2.29. The highest BCUT2D eigenvalue weighted by Gasteiger charge is 2.20. The first kappa shape index (κ1) is 17.7. The van der Waals surface area contributed by atoms with Crippen molar-refractivity contribution >= 4 is 63.0 Å². The molecule has 2 aromatic carbocycles. The number of pyridine rings is 1. The van der Waals surface area contributed by atoms with Gasteiger partial charge in [-0.15, -0.1) is 0 Å². The molecule has 0 fully saturated rings. The van der Waals surface area contributed by atoms with Gasteiger partial charge in [-0.05, 0) is 37.3 Å². The van der Waals surface area contributed by atoms with E-state index >= 15 is 0 Å². The van der Waals surface area contributed by atoms with E-state index in [9.17, 15) is 14.0 Å². The number of fused-ring (bicyclic) bond motifs is 1. The maximum atomic E-state index is 14.1. The minimum atomic E-state index is -0.760. The Morgan fingerprint density at radius 1 is 1.08 bits per heavy atom. The Labute approximate surface area is 156 Å². The van der Waals surface area contributed by atoms with Crippen molar-refractivity contribution in [2.75, 3.05) is 5.32 Å². The summed E-state index contributed by atoms with van der Waals surface area (Å²) in [6.07, 6.45) is 0. The molecule has 4 nitrogen and oxygen atoms in total. The maximum Gasteiger partial charge on any atom is 0.205 e. The van der Waals surface area contributed by atoms with Gasteiger partial charge < -0.3 is 10.3 Å². The van der Waals surface area contributed by atoms with Crippen molar-refractivity contribution in [2.45, 2.75) is 6.92 Å². The fourth-order valence-electron chi connectivity index (χ4n) is 2.47. The van der Waals surface area contributed by atoms with Crippen LogP contribution in [0.1, 0.15) is 17.3 Å². The molecule has 0 spiro atoms. The average Bonchev–Trinajstić information content (AvgIpc) is 2.54. The lowest BCUT2D eigenvalue weighted by Gasteiger charge is -2.13. The van der Waals surface area contributed by atoms with E-state index in [1.807, 2.05) is 0 Å². The Bertz CT molecular complexity index is 1080. The zero-order valence-corrected chi connectivity index (χ0v) is 15.0. The number of hydrogen-bond donors (Lipinski definition) is 2. The van der Waals surface area contributed by atoms with Crippen LogP contribution in [0.3, 0.4) is 0 Å². The number of carbonyl (C=O) groups is 1. The minimum Gasteiger partial charge on any atom is -0.341 e. The minimum absolute atomic E-state index is 0.0934. The molecular formula is C17H10Cl3FN2O2. The molecule has 3 aromatic rings. The number of anilines is 2. The lowest BCUT2D eigenvalue weighted by atomic mass is 10.1. The first-order chi connectivity index (χ1) is 11.8. The highest BCUT2D eigenvalue weighted by atomic mass is 35.5. The number of aromatic nitrogens is 1. The van der Waals surface area contributed by atoms with Gasteiger partial charge in [0.15, 0.2) is 5.78 Å². The van der Waals surface area contributed by atoms with Gasteiger partial charge in [-0.1, -0.05) is 34.8 Å². The van der Waals surface area contributed by atoms with Crippen molar-refractivity contribution in [1.82, 2.24) is 4.98 Å². The Morgan fingerprint density at radius 3 is 2.40 bits per heavy atom. The van der Waals surface area contributed by atoms with Crippen molar-refractivity contribution in [1.29, 1.82) is 0 Å². The van der Waals surface area contributed by atoms with Crippen LogP contribution in [-0.4, -0.2) is 10.8 Å². The van der Waals surface area contributed by atoms with Crippen LogP contribution < -0.4 is 10.7 Å². The second kappa shape index (κ2) is 6.67. The standard InChI is InChI=1S/C17H10Cl3FN2O2/c1-7(24)13-16(25)14-12(21)5-4-10(19)15(14)23-17(13)22-8-2-3-9(18)11(20)6-8/h2-6H,1H3,(H2,22,23,25). The van der Waals surface area contributed by atoms with Crippen LogP contribution in [0, 0.1) is 5.82 Å². The summed E-state index contributed by atoms with van der Waals surface area (Å²) in [6, 6.07) is 7.12. The number of carbonyl (C=O) groups excluding carboxylic acids is 1. The number of halogens is 4. The smallest absolute Gasteiger partial charge is 0.205 e. The first-order valence-corrected chi connectivity index (χ1v) is 8.20. The molecule has 0 bridgehead atoms. The number of aromatic amines is 1. The molecule has 0 unspecified atom stereocenters. The van der Waals surface area contributed by atoms with Crippen molar-refractivity contribution in [3.05, 3.63) is 67.0 Å². The second-order valence-electron chi connectivity index (χ2n) is 5.29. The molecular weight excluding hydrogens is 390 g/mol. The summed E-state index contributed by atoms with van der Waals surface area (Å²) < 4.78 is 14.1. The molecule has 3 rings (SSSR count).